The van der Waals surface area contributed by atoms with Gasteiger partial charge in [0.2, 0.25) is 0 Å². The van der Waals surface area contributed by atoms with Crippen LogP contribution in [0.3, 0.4) is 0 Å². The maximum Gasteiger partial charge on any atom is 0.533 e. The highest BCUT2D eigenvalue weighted by Crippen LogP contribution is 2.28. The summed E-state index contributed by atoms with van der Waals surface area (Å²) in [5.41, 5.74) is 0.206. The molecular formula is C19H37O5Si-. The van der Waals surface area contributed by atoms with Gasteiger partial charge in [-0.3, -0.25) is 0 Å². The number of rotatable bonds is 16. The molecule has 0 aliphatic carbocycles. The molecule has 0 aromatic rings. The van der Waals surface area contributed by atoms with Gasteiger partial charge in [-0.05, 0) is 38.2 Å². The molecule has 25 heavy (non-hydrogen) atoms. The molecule has 0 saturated heterocycles. The molecule has 0 unspecified atom stereocenters. The third kappa shape index (κ3) is 8.99. The molecule has 0 atom stereocenters. The molecule has 0 bridgehead atoms. The maximum absolute atomic E-state index is 11.5. The Morgan fingerprint density at radius 1 is 0.800 bits per heavy atom. The average Bonchev–Trinajstić information content (AvgIpc) is 2.59. The van der Waals surface area contributed by atoms with E-state index in [0.29, 0.717) is 31.4 Å². The second-order valence-electron chi connectivity index (χ2n) is 6.30. The van der Waals surface area contributed by atoms with Gasteiger partial charge in [-0.2, -0.15) is 0 Å². The molecule has 0 aromatic carbocycles. The highest BCUT2D eigenvalue weighted by atomic mass is 28.4. The van der Waals surface area contributed by atoms with Gasteiger partial charge in [-0.1, -0.05) is 53.4 Å². The van der Waals surface area contributed by atoms with Crippen molar-refractivity contribution >= 4 is 14.8 Å². The van der Waals surface area contributed by atoms with Gasteiger partial charge in [0.1, 0.15) is 0 Å². The van der Waals surface area contributed by atoms with Crippen LogP contribution in [0.1, 0.15) is 86.0 Å². The molecule has 0 rings (SSSR count). The largest absolute Gasteiger partial charge is 0.545 e. The van der Waals surface area contributed by atoms with Crippen LogP contribution in [0.4, 0.5) is 0 Å². The number of carboxylic acid groups (broad SMARTS) is 1. The predicted molar refractivity (Wildman–Crippen MR) is 101 cm³/mol. The molecule has 148 valence electrons. The molecule has 0 aliphatic heterocycles. The van der Waals surface area contributed by atoms with Gasteiger partial charge in [-0.25, -0.2) is 0 Å². The fourth-order valence-electron chi connectivity index (χ4n) is 2.38. The van der Waals surface area contributed by atoms with Gasteiger partial charge in [0.15, 0.2) is 0 Å². The van der Waals surface area contributed by atoms with Gasteiger partial charge in [0, 0.05) is 25.0 Å². The van der Waals surface area contributed by atoms with Crippen LogP contribution in [0.2, 0.25) is 0 Å². The van der Waals surface area contributed by atoms with Crippen molar-refractivity contribution in [2.24, 2.45) is 0 Å². The topological polar surface area (TPSA) is 67.8 Å². The van der Waals surface area contributed by atoms with E-state index in [2.05, 4.69) is 20.8 Å². The molecule has 0 radical (unpaired) electrons. The van der Waals surface area contributed by atoms with Gasteiger partial charge < -0.3 is 23.2 Å². The maximum atomic E-state index is 11.5. The predicted octanol–water partition coefficient (Wildman–Crippen LogP) is 3.78. The van der Waals surface area contributed by atoms with Crippen molar-refractivity contribution in [2.75, 3.05) is 19.8 Å². The van der Waals surface area contributed by atoms with E-state index < -0.39 is 14.8 Å². The Kier molecular flexibility index (Phi) is 14.1. The minimum Gasteiger partial charge on any atom is -0.545 e. The van der Waals surface area contributed by atoms with E-state index in [1.807, 2.05) is 6.92 Å². The monoisotopic (exact) mass is 373 g/mol. The van der Waals surface area contributed by atoms with Crippen LogP contribution in [0.25, 0.3) is 0 Å². The molecule has 0 aromatic heterocycles. The summed E-state index contributed by atoms with van der Waals surface area (Å²) in [6.45, 7) is 11.5. The first kappa shape index (κ1) is 24.3. The quantitative estimate of drug-likeness (QED) is 0.234. The SMILES string of the molecule is CCCCO[Si](OCCCC)(OCCCC)/C(CCC)=C(\C)C(=O)[O-]. The van der Waals surface area contributed by atoms with Crippen LogP contribution in [0.5, 0.6) is 0 Å². The van der Waals surface area contributed by atoms with E-state index in [-0.39, 0.29) is 5.57 Å². The normalized spacial score (nSPS) is 13.0. The number of carbonyl (C=O) groups is 1. The Balaban J connectivity index is 5.75. The molecular weight excluding hydrogens is 336 g/mol. The minimum absolute atomic E-state index is 0.206. The third-order valence-electron chi connectivity index (χ3n) is 4.00. The lowest BCUT2D eigenvalue weighted by Gasteiger charge is -2.33. The summed E-state index contributed by atoms with van der Waals surface area (Å²) in [7, 11) is -3.22. The first-order chi connectivity index (χ1) is 12.0. The van der Waals surface area contributed by atoms with Crippen LogP contribution in [-0.2, 0) is 18.1 Å². The summed E-state index contributed by atoms with van der Waals surface area (Å²) in [5, 5.41) is 12.2. The van der Waals surface area contributed by atoms with E-state index >= 15 is 0 Å². The lowest BCUT2D eigenvalue weighted by Crippen LogP contribution is -2.50. The van der Waals surface area contributed by atoms with Crippen LogP contribution < -0.4 is 5.11 Å². The van der Waals surface area contributed by atoms with Crippen molar-refractivity contribution in [1.29, 1.82) is 0 Å². The molecule has 0 amide bonds. The van der Waals surface area contributed by atoms with E-state index in [4.69, 9.17) is 13.3 Å². The van der Waals surface area contributed by atoms with Gasteiger partial charge >= 0.3 is 8.80 Å². The fourth-order valence-corrected chi connectivity index (χ4v) is 5.51. The zero-order chi connectivity index (χ0) is 19.1. The van der Waals surface area contributed by atoms with Crippen molar-refractivity contribution in [3.63, 3.8) is 0 Å². The second kappa shape index (κ2) is 14.5. The van der Waals surface area contributed by atoms with Crippen molar-refractivity contribution in [1.82, 2.24) is 0 Å². The minimum atomic E-state index is -3.22. The molecule has 0 saturated carbocycles. The number of aliphatic carboxylic acids is 1. The number of hydrogen-bond donors (Lipinski definition) is 0. The zero-order valence-corrected chi connectivity index (χ0v) is 17.8. The van der Waals surface area contributed by atoms with Crippen LogP contribution >= 0.6 is 0 Å². The van der Waals surface area contributed by atoms with E-state index in [1.165, 1.54) is 0 Å². The zero-order valence-electron chi connectivity index (χ0n) is 16.8. The Hall–Kier alpha value is -0.693. The number of allylic oxidation sites excluding steroid dienone is 1. The Labute approximate surface area is 155 Å². The molecule has 6 heteroatoms. The molecule has 5 nitrogen and oxygen atoms in total. The lowest BCUT2D eigenvalue weighted by molar-refractivity contribution is -0.299. The van der Waals surface area contributed by atoms with Gasteiger partial charge in [0.25, 0.3) is 0 Å². The second-order valence-corrected chi connectivity index (χ2v) is 8.89. The Morgan fingerprint density at radius 3 is 1.48 bits per heavy atom. The first-order valence-electron chi connectivity index (χ1n) is 9.82. The fraction of sp³-hybridized carbons (Fsp3) is 0.842. The summed E-state index contributed by atoms with van der Waals surface area (Å²) >= 11 is 0. The summed E-state index contributed by atoms with van der Waals surface area (Å²) in [6.07, 6.45) is 7.09. The molecule has 0 aliphatic rings. The number of carboxylic acids is 1. The standard InChI is InChI=1S/C19H38O5Si/c1-6-10-14-22-25(23-15-11-7-2,24-16-12-8-3)18(13-9-4)17(5)19(20)21/h6-16H2,1-5H3,(H,20,21)/p-1/b18-17+. The van der Waals surface area contributed by atoms with Crippen LogP contribution in [-0.4, -0.2) is 34.6 Å². The van der Waals surface area contributed by atoms with E-state index in [9.17, 15) is 9.90 Å². The van der Waals surface area contributed by atoms with Crippen molar-refractivity contribution in [3.05, 3.63) is 10.8 Å². The Bertz CT molecular complexity index is 369. The summed E-state index contributed by atoms with van der Waals surface area (Å²) in [4.78, 5) is 11.5. The summed E-state index contributed by atoms with van der Waals surface area (Å²) in [6, 6.07) is 0. The first-order valence-corrected chi connectivity index (χ1v) is 11.5. The average molecular weight is 374 g/mol. The number of hydrogen-bond acceptors (Lipinski definition) is 5. The molecule has 0 heterocycles. The summed E-state index contributed by atoms with van der Waals surface area (Å²) < 4.78 is 18.6. The van der Waals surface area contributed by atoms with Crippen LogP contribution in [0, 0.1) is 0 Å². The van der Waals surface area contributed by atoms with Crippen molar-refractivity contribution in [2.45, 2.75) is 86.0 Å². The number of carbonyl (C=O) groups excluding carboxylic acids is 1. The van der Waals surface area contributed by atoms with E-state index in [0.717, 1.165) is 44.9 Å². The third-order valence-corrected chi connectivity index (χ3v) is 7.12. The van der Waals surface area contributed by atoms with Crippen LogP contribution in [0.15, 0.2) is 10.8 Å². The van der Waals surface area contributed by atoms with Crippen molar-refractivity contribution in [3.8, 4) is 0 Å². The highest BCUT2D eigenvalue weighted by Gasteiger charge is 2.46. The smallest absolute Gasteiger partial charge is 0.533 e. The highest BCUT2D eigenvalue weighted by molar-refractivity contribution is 6.69. The molecule has 0 fully saturated rings. The number of unbranched alkanes of at least 4 members (excludes halogenated alkanes) is 3. The Morgan fingerprint density at radius 2 is 1.20 bits per heavy atom. The van der Waals surface area contributed by atoms with E-state index in [1.54, 1.807) is 6.92 Å². The molecule has 0 N–H and O–H groups in total. The lowest BCUT2D eigenvalue weighted by atomic mass is 10.2. The van der Waals surface area contributed by atoms with Crippen molar-refractivity contribution < 1.29 is 23.2 Å². The van der Waals surface area contributed by atoms with Gasteiger partial charge in [-0.15, -0.1) is 0 Å². The molecule has 0 spiro atoms. The van der Waals surface area contributed by atoms with Gasteiger partial charge in [0.05, 0.1) is 5.97 Å². The summed E-state index contributed by atoms with van der Waals surface area (Å²) in [5.74, 6) is -1.17.